The van der Waals surface area contributed by atoms with Crippen LogP contribution in [0.15, 0.2) is 4.99 Å². The number of hydrogen-bond donors (Lipinski definition) is 24. The number of guanidine groups is 1. The molecular formula is C58H96N24O23. The number of amides is 21. The lowest BCUT2D eigenvalue weighted by molar-refractivity contribution is -0.139. The Morgan fingerprint density at radius 3 is 0.571 bits per heavy atom. The lowest BCUT2D eigenvalue weighted by Gasteiger charge is -2.28. The number of aliphatic carboxylic acids is 1. The van der Waals surface area contributed by atoms with Crippen molar-refractivity contribution in [2.24, 2.45) is 73.8 Å². The average molecular weight is 1500 g/mol. The fraction of sp³-hybridized carbons (Fsp3) is 0.603. The van der Waals surface area contributed by atoms with E-state index in [1.165, 1.54) is 0 Å². The normalized spacial score (nSPS) is 13.8. The summed E-state index contributed by atoms with van der Waals surface area (Å²) in [6.45, 7) is 0.853. The molecule has 0 aromatic rings. The quantitative estimate of drug-likeness (QED) is 0.0153. The van der Waals surface area contributed by atoms with Gasteiger partial charge >= 0.3 is 5.97 Å². The monoisotopic (exact) mass is 1500 g/mol. The number of hydrogen-bond acceptors (Lipinski definition) is 23. The highest BCUT2D eigenvalue weighted by Crippen LogP contribution is 2.13. The van der Waals surface area contributed by atoms with Crippen molar-refractivity contribution in [3.63, 3.8) is 0 Å². The molecule has 586 valence electrons. The Labute approximate surface area is 598 Å². The van der Waals surface area contributed by atoms with Crippen LogP contribution >= 0.6 is 0 Å². The summed E-state index contributed by atoms with van der Waals surface area (Å²) in [5.74, 6) is -25.9. The third-order valence-corrected chi connectivity index (χ3v) is 14.8. The molecule has 0 aromatic carbocycles. The first-order valence-corrected chi connectivity index (χ1v) is 32.3. The largest absolute Gasteiger partial charge is 0.481 e. The molecule has 0 aliphatic carbocycles. The minimum absolute atomic E-state index is 0.113. The van der Waals surface area contributed by atoms with Crippen LogP contribution in [0.1, 0.15) is 148 Å². The van der Waals surface area contributed by atoms with Crippen LogP contribution in [-0.2, 0) is 105 Å². The Bertz CT molecular complexity index is 3240. The molecule has 36 N–H and O–H groups in total. The molecule has 0 fully saturated rings. The van der Waals surface area contributed by atoms with Gasteiger partial charge in [-0.3, -0.25) is 110 Å². The zero-order valence-electron chi connectivity index (χ0n) is 57.4. The third-order valence-electron chi connectivity index (χ3n) is 14.8. The first kappa shape index (κ1) is 92.6. The molecule has 0 spiro atoms. The van der Waals surface area contributed by atoms with Crippen LogP contribution in [0.4, 0.5) is 0 Å². The van der Waals surface area contributed by atoms with Crippen molar-refractivity contribution in [2.75, 3.05) is 6.54 Å². The van der Waals surface area contributed by atoms with Gasteiger partial charge in [0.15, 0.2) is 5.96 Å². The zero-order chi connectivity index (χ0) is 80.4. The maximum absolute atomic E-state index is 14.4. The van der Waals surface area contributed by atoms with E-state index in [1.807, 2.05) is 0 Å². The van der Waals surface area contributed by atoms with Gasteiger partial charge in [0.05, 0.1) is 0 Å². The van der Waals surface area contributed by atoms with E-state index in [4.69, 9.17) is 68.8 Å². The third kappa shape index (κ3) is 41.8. The molecule has 0 saturated carbocycles. The fourth-order valence-corrected chi connectivity index (χ4v) is 9.29. The number of carbonyl (C=O) groups excluding carboxylic acids is 21. The second-order valence-electron chi connectivity index (χ2n) is 23.7. The van der Waals surface area contributed by atoms with Gasteiger partial charge in [0, 0.05) is 77.7 Å². The van der Waals surface area contributed by atoms with Gasteiger partial charge in [0.25, 0.3) is 0 Å². The summed E-state index contributed by atoms with van der Waals surface area (Å²) in [6.07, 6.45) is -13.3. The Kier molecular flexibility index (Phi) is 42.7. The predicted molar refractivity (Wildman–Crippen MR) is 359 cm³/mol. The summed E-state index contributed by atoms with van der Waals surface area (Å²) >= 11 is 0. The van der Waals surface area contributed by atoms with E-state index in [9.17, 15) is 111 Å². The maximum Gasteiger partial charge on any atom is 0.303 e. The first-order valence-electron chi connectivity index (χ1n) is 32.3. The van der Waals surface area contributed by atoms with Crippen molar-refractivity contribution in [1.82, 2.24) is 58.5 Å². The van der Waals surface area contributed by atoms with Gasteiger partial charge in [-0.1, -0.05) is 0 Å². The van der Waals surface area contributed by atoms with E-state index in [0.717, 1.165) is 6.92 Å². The van der Waals surface area contributed by atoms with Crippen molar-refractivity contribution >= 4 is 136 Å². The van der Waals surface area contributed by atoms with Gasteiger partial charge in [-0.05, 0) is 77.0 Å². The van der Waals surface area contributed by atoms with E-state index in [0.29, 0.717) is 0 Å². The maximum atomic E-state index is 14.4. The lowest BCUT2D eigenvalue weighted by atomic mass is 10.0. The van der Waals surface area contributed by atoms with Crippen LogP contribution in [0.25, 0.3) is 0 Å². The van der Waals surface area contributed by atoms with Crippen molar-refractivity contribution in [2.45, 2.75) is 215 Å². The van der Waals surface area contributed by atoms with Crippen molar-refractivity contribution in [3.05, 3.63) is 0 Å². The van der Waals surface area contributed by atoms with Gasteiger partial charge in [-0.2, -0.15) is 0 Å². The molecule has 0 unspecified atom stereocenters. The predicted octanol–water partition coefficient (Wildman–Crippen LogP) is -13.9. The molecule has 0 saturated heterocycles. The van der Waals surface area contributed by atoms with Crippen molar-refractivity contribution < 1.29 is 111 Å². The van der Waals surface area contributed by atoms with E-state index in [2.05, 4.69) is 63.5 Å². The number of primary amides is 10. The molecule has 11 atom stereocenters. The number of nitrogens with one attached hydrogen (secondary N) is 11. The average Bonchev–Trinajstić information content (AvgIpc) is 0.862. The van der Waals surface area contributed by atoms with Gasteiger partial charge in [0.1, 0.15) is 66.5 Å². The lowest BCUT2D eigenvalue weighted by Crippen LogP contribution is -2.61. The molecule has 47 nitrogen and oxygen atoms in total. The molecular weight excluding hydrogens is 1400 g/mol. The Morgan fingerprint density at radius 2 is 0.410 bits per heavy atom. The van der Waals surface area contributed by atoms with Crippen molar-refractivity contribution in [1.29, 1.82) is 0 Å². The van der Waals surface area contributed by atoms with Gasteiger partial charge in [-0.25, -0.2) is 0 Å². The van der Waals surface area contributed by atoms with Crippen LogP contribution in [0, 0.1) is 0 Å². The van der Waals surface area contributed by atoms with Crippen LogP contribution in [0.5, 0.6) is 0 Å². The topological polar surface area (TPSA) is 853 Å². The van der Waals surface area contributed by atoms with Crippen LogP contribution in [0.2, 0.25) is 0 Å². The summed E-state index contributed by atoms with van der Waals surface area (Å²) in [4.78, 5) is 288. The molecule has 0 radical (unpaired) electrons. The number of nitrogens with two attached hydrogens (primary N) is 12. The SMILES string of the molecule is CC(=O)N[C@@H](CCC(N)=O)C(=O)N[C@@H](CCC(N)=O)C(=O)N[C@@H](CCCN=C(N)N)C(=O)N[C@@H](CCC(N)=O)C(=O)N[C@@H](CCC(N)=O)C(=O)N[C@@H](CCC(N)=O)C(=O)N[C@@H](CCC(N)=O)C(=O)N[C@@H](CCC(N)=O)C(=O)N[C@@H](CCC(=O)O)C(=O)N[C@@H](CCC(N)=O)C(=O)N[C@@H](CCC(N)=O)C(N)=O. The summed E-state index contributed by atoms with van der Waals surface area (Å²) in [5.41, 5.74) is 64.1. The highest BCUT2D eigenvalue weighted by Gasteiger charge is 2.38. The highest BCUT2D eigenvalue weighted by molar-refractivity contribution is 6.00. The number of carbonyl (C=O) groups is 22. The van der Waals surface area contributed by atoms with Crippen LogP contribution in [-0.4, -0.2) is 214 Å². The smallest absolute Gasteiger partial charge is 0.303 e. The van der Waals surface area contributed by atoms with E-state index in [-0.39, 0.29) is 25.8 Å². The number of nitrogens with zero attached hydrogens (tertiary/aromatic N) is 1. The minimum Gasteiger partial charge on any atom is -0.481 e. The van der Waals surface area contributed by atoms with E-state index >= 15 is 0 Å². The van der Waals surface area contributed by atoms with Crippen LogP contribution in [0.3, 0.4) is 0 Å². The molecule has 0 aliphatic heterocycles. The summed E-state index contributed by atoms with van der Waals surface area (Å²) in [7, 11) is 0. The number of aliphatic imine (C=N–C) groups is 1. The molecule has 0 rings (SSSR count). The molecule has 0 aromatic heterocycles. The second kappa shape index (κ2) is 48.4. The van der Waals surface area contributed by atoms with Gasteiger partial charge < -0.3 is 132 Å². The number of carboxylic acids is 1. The summed E-state index contributed by atoms with van der Waals surface area (Å²) in [5, 5.41) is 34.2. The van der Waals surface area contributed by atoms with Gasteiger partial charge in [0.2, 0.25) is 124 Å². The summed E-state index contributed by atoms with van der Waals surface area (Å²) in [6, 6.07) is -20.2. The Morgan fingerprint density at radius 1 is 0.248 bits per heavy atom. The molecule has 0 aliphatic rings. The van der Waals surface area contributed by atoms with Gasteiger partial charge in [-0.15, -0.1) is 0 Å². The standard InChI is InChI=1S/C58H96N24O23/c1-25(83)72-28(5-15-38(60)85)49(97)76-30(7-17-40(62)87)51(99)74-27(3-2-24-71-58(69)70)48(96)75-31(8-18-41(63)88)52(100)78-32(9-19-42(64)89)53(101)79-33(10-20-43(65)90)54(102)80-34(11-21-44(66)91)55(103)81-35(12-22-45(67)92)56(104)82-36(13-23-46(93)94)57(105)77-29(6-16-39(61)86)50(98)73-26(47(68)95)4-14-37(59)84/h26-36H,2-24H2,1H3,(H2,59,84)(H2,60,85)(H2,61,86)(H2,62,87)(H2,63,88)(H2,64,89)(H2,65,90)(H2,66,91)(H2,67,92)(H2,68,95)(H,72,83)(H,73,98)(H,74,99)(H,75,96)(H,76,97)(H,77,105)(H,78,100)(H,79,101)(H,80,102)(H,81,103)(H,82,104)(H,93,94)(H4,69,70,71)/t26-,27-,28-,29-,30-,31-,32-,33-,34-,35-,36-/m0/s1. The minimum atomic E-state index is -2.01. The highest BCUT2D eigenvalue weighted by atomic mass is 16.4. The van der Waals surface area contributed by atoms with Crippen molar-refractivity contribution in [3.8, 4) is 0 Å². The fourth-order valence-electron chi connectivity index (χ4n) is 9.29. The molecule has 47 heteroatoms. The Hall–Kier alpha value is -12.4. The number of rotatable bonds is 56. The molecule has 0 heterocycles. The van der Waals surface area contributed by atoms with Crippen LogP contribution < -0.4 is 127 Å². The van der Waals surface area contributed by atoms with E-state index in [1.54, 1.807) is 0 Å². The first-order chi connectivity index (χ1) is 48.9. The molecule has 21 amide bonds. The number of carboxylic acid groups (broad SMARTS) is 1. The Balaban J connectivity index is 7.55. The molecule has 105 heavy (non-hydrogen) atoms. The zero-order valence-corrected chi connectivity index (χ0v) is 57.4. The second-order valence-corrected chi connectivity index (χ2v) is 23.7. The van der Waals surface area contributed by atoms with E-state index < -0.39 is 324 Å². The summed E-state index contributed by atoms with van der Waals surface area (Å²) < 4.78 is 0. The molecule has 0 bridgehead atoms.